The number of hydrogen-bond donors (Lipinski definition) is 2. The first kappa shape index (κ1) is 14.9. The smallest absolute Gasteiger partial charge is 0.309 e. The molecule has 3 heteroatoms. The van der Waals surface area contributed by atoms with Gasteiger partial charge in [0.15, 0.2) is 0 Å². The molecule has 0 unspecified atom stereocenters. The van der Waals surface area contributed by atoms with Crippen LogP contribution in [0.25, 0.3) is 0 Å². The maximum Gasteiger partial charge on any atom is 0.309 e. The Hall–Kier alpha value is -1.51. The molecule has 0 bridgehead atoms. The van der Waals surface area contributed by atoms with Crippen LogP contribution < -0.4 is 0 Å². The summed E-state index contributed by atoms with van der Waals surface area (Å²) in [7, 11) is 0. The molecule has 20 heavy (non-hydrogen) atoms. The van der Waals surface area contributed by atoms with E-state index >= 15 is 0 Å². The fraction of sp³-hybridized carbons (Fsp3) is 0.588. The van der Waals surface area contributed by atoms with Gasteiger partial charge in [-0.3, -0.25) is 4.79 Å². The van der Waals surface area contributed by atoms with Crippen molar-refractivity contribution in [2.45, 2.75) is 46.0 Å². The third kappa shape index (κ3) is 3.14. The van der Waals surface area contributed by atoms with E-state index in [4.69, 9.17) is 0 Å². The van der Waals surface area contributed by atoms with Crippen LogP contribution in [0, 0.1) is 17.3 Å². The van der Waals surface area contributed by atoms with E-state index in [1.165, 1.54) is 0 Å². The highest BCUT2D eigenvalue weighted by Crippen LogP contribution is 2.44. The summed E-state index contributed by atoms with van der Waals surface area (Å²) in [6, 6.07) is 6.98. The van der Waals surface area contributed by atoms with Crippen molar-refractivity contribution in [3.63, 3.8) is 0 Å². The van der Waals surface area contributed by atoms with E-state index in [0.29, 0.717) is 18.3 Å². The lowest BCUT2D eigenvalue weighted by Crippen LogP contribution is -2.38. The Morgan fingerprint density at radius 2 is 2.00 bits per heavy atom. The van der Waals surface area contributed by atoms with Crippen LogP contribution in [-0.2, 0) is 11.2 Å². The lowest BCUT2D eigenvalue weighted by Gasteiger charge is -2.38. The number of benzene rings is 1. The van der Waals surface area contributed by atoms with Gasteiger partial charge in [0.25, 0.3) is 0 Å². The van der Waals surface area contributed by atoms with Gasteiger partial charge in [0, 0.05) is 0 Å². The summed E-state index contributed by atoms with van der Waals surface area (Å²) in [5.74, 6) is 0.788. The van der Waals surface area contributed by atoms with Crippen molar-refractivity contribution in [2.75, 3.05) is 0 Å². The van der Waals surface area contributed by atoms with Crippen LogP contribution in [0.5, 0.6) is 5.75 Å². The average molecular weight is 276 g/mol. The van der Waals surface area contributed by atoms with Crippen molar-refractivity contribution in [3.05, 3.63) is 29.8 Å². The monoisotopic (exact) mass is 276 g/mol. The number of hydrogen-bond acceptors (Lipinski definition) is 2. The Labute approximate surface area is 120 Å². The van der Waals surface area contributed by atoms with Gasteiger partial charge in [-0.1, -0.05) is 26.0 Å². The Morgan fingerprint density at radius 1 is 1.35 bits per heavy atom. The van der Waals surface area contributed by atoms with E-state index in [-0.39, 0.29) is 5.75 Å². The summed E-state index contributed by atoms with van der Waals surface area (Å²) >= 11 is 0. The largest absolute Gasteiger partial charge is 0.508 e. The minimum Gasteiger partial charge on any atom is -0.508 e. The molecule has 0 aliphatic heterocycles. The van der Waals surface area contributed by atoms with Gasteiger partial charge in [-0.2, -0.15) is 0 Å². The average Bonchev–Trinajstić information content (AvgIpc) is 2.39. The highest BCUT2D eigenvalue weighted by molar-refractivity contribution is 5.75. The molecule has 3 nitrogen and oxygen atoms in total. The number of phenolic OH excluding ortho intramolecular Hbond substituents is 1. The van der Waals surface area contributed by atoms with Crippen LogP contribution in [0.3, 0.4) is 0 Å². The predicted molar refractivity (Wildman–Crippen MR) is 78.7 cm³/mol. The van der Waals surface area contributed by atoms with E-state index in [0.717, 1.165) is 31.2 Å². The molecule has 1 saturated carbocycles. The van der Waals surface area contributed by atoms with Gasteiger partial charge in [0.1, 0.15) is 5.75 Å². The molecule has 0 spiro atoms. The highest BCUT2D eigenvalue weighted by Gasteiger charge is 2.42. The number of carbonyl (C=O) groups is 1. The molecule has 0 aromatic heterocycles. The molecule has 1 fully saturated rings. The van der Waals surface area contributed by atoms with E-state index in [9.17, 15) is 15.0 Å². The topological polar surface area (TPSA) is 57.5 Å². The summed E-state index contributed by atoms with van der Waals surface area (Å²) in [6.07, 6.45) is 3.97. The second-order valence-electron chi connectivity index (χ2n) is 6.51. The zero-order chi connectivity index (χ0) is 14.8. The summed E-state index contributed by atoms with van der Waals surface area (Å²) in [6.45, 7) is 4.43. The fourth-order valence-electron chi connectivity index (χ4n) is 3.38. The van der Waals surface area contributed by atoms with Gasteiger partial charge in [-0.05, 0) is 61.6 Å². The van der Waals surface area contributed by atoms with Crippen molar-refractivity contribution < 1.29 is 15.0 Å². The number of carboxylic acids is 1. The summed E-state index contributed by atoms with van der Waals surface area (Å²) in [5, 5.41) is 19.2. The first-order valence-corrected chi connectivity index (χ1v) is 7.44. The third-order valence-corrected chi connectivity index (χ3v) is 4.84. The van der Waals surface area contributed by atoms with Crippen LogP contribution in [0.2, 0.25) is 0 Å². The number of phenols is 1. The zero-order valence-corrected chi connectivity index (χ0v) is 12.3. The molecule has 1 aromatic carbocycles. The minimum absolute atomic E-state index is 0.207. The molecule has 1 aromatic rings. The molecule has 110 valence electrons. The maximum absolute atomic E-state index is 11.8. The van der Waals surface area contributed by atoms with Crippen LogP contribution in [0.15, 0.2) is 24.3 Å². The highest BCUT2D eigenvalue weighted by atomic mass is 16.4. The van der Waals surface area contributed by atoms with E-state index < -0.39 is 11.4 Å². The summed E-state index contributed by atoms with van der Waals surface area (Å²) in [4.78, 5) is 11.8. The second kappa shape index (κ2) is 5.86. The van der Waals surface area contributed by atoms with Gasteiger partial charge in [0.05, 0.1) is 5.41 Å². The first-order chi connectivity index (χ1) is 9.43. The Balaban J connectivity index is 2.14. The normalized spacial score (nSPS) is 26.6. The van der Waals surface area contributed by atoms with Gasteiger partial charge < -0.3 is 10.2 Å². The standard InChI is InChI=1S/C17H24O3/c1-12(2)14-6-8-17(9-7-14,16(19)20)11-13-4-3-5-15(18)10-13/h3-5,10,12,14,18H,6-9,11H2,1-2H3,(H,19,20). The quantitative estimate of drug-likeness (QED) is 0.878. The molecule has 0 saturated heterocycles. The van der Waals surface area contributed by atoms with Crippen LogP contribution in [0.1, 0.15) is 45.1 Å². The number of rotatable bonds is 4. The Morgan fingerprint density at radius 3 is 2.50 bits per heavy atom. The maximum atomic E-state index is 11.8. The second-order valence-corrected chi connectivity index (χ2v) is 6.51. The predicted octanol–water partition coefficient (Wildman–Crippen LogP) is 3.85. The van der Waals surface area contributed by atoms with Gasteiger partial charge in [0.2, 0.25) is 0 Å². The van der Waals surface area contributed by atoms with E-state index in [1.54, 1.807) is 18.2 Å². The van der Waals surface area contributed by atoms with Gasteiger partial charge in [-0.15, -0.1) is 0 Å². The van der Waals surface area contributed by atoms with Crippen LogP contribution in [0.4, 0.5) is 0 Å². The van der Waals surface area contributed by atoms with Crippen molar-refractivity contribution in [1.29, 1.82) is 0 Å². The number of aliphatic carboxylic acids is 1. The van der Waals surface area contributed by atoms with Gasteiger partial charge in [-0.25, -0.2) is 0 Å². The molecule has 2 N–H and O–H groups in total. The van der Waals surface area contributed by atoms with E-state index in [2.05, 4.69) is 13.8 Å². The third-order valence-electron chi connectivity index (χ3n) is 4.84. The summed E-state index contributed by atoms with van der Waals surface area (Å²) in [5.41, 5.74) is 0.259. The van der Waals surface area contributed by atoms with Crippen LogP contribution >= 0.6 is 0 Å². The lowest BCUT2D eigenvalue weighted by molar-refractivity contribution is -0.151. The molecule has 0 amide bonds. The molecule has 0 heterocycles. The molecule has 0 atom stereocenters. The molecule has 1 aliphatic carbocycles. The molecule has 0 radical (unpaired) electrons. The SMILES string of the molecule is CC(C)C1CCC(Cc2cccc(O)c2)(C(=O)O)CC1. The Kier molecular flexibility index (Phi) is 4.36. The molecular weight excluding hydrogens is 252 g/mol. The van der Waals surface area contributed by atoms with E-state index in [1.807, 2.05) is 6.07 Å². The van der Waals surface area contributed by atoms with Gasteiger partial charge >= 0.3 is 5.97 Å². The minimum atomic E-state index is -0.692. The zero-order valence-electron chi connectivity index (χ0n) is 12.3. The Bertz CT molecular complexity index is 471. The molecule has 1 aliphatic rings. The molecule has 2 rings (SSSR count). The number of aromatic hydroxyl groups is 1. The van der Waals surface area contributed by atoms with Crippen molar-refractivity contribution in [2.24, 2.45) is 17.3 Å². The van der Waals surface area contributed by atoms with Crippen LogP contribution in [-0.4, -0.2) is 16.2 Å². The number of carboxylic acid groups (broad SMARTS) is 1. The summed E-state index contributed by atoms with van der Waals surface area (Å²) < 4.78 is 0. The first-order valence-electron chi connectivity index (χ1n) is 7.44. The van der Waals surface area contributed by atoms with Crippen molar-refractivity contribution in [3.8, 4) is 5.75 Å². The lowest BCUT2D eigenvalue weighted by atomic mass is 9.65. The van der Waals surface area contributed by atoms with Crippen molar-refractivity contribution >= 4 is 5.97 Å². The molecular formula is C17H24O3. The fourth-order valence-corrected chi connectivity index (χ4v) is 3.38. The van der Waals surface area contributed by atoms with Crippen molar-refractivity contribution in [1.82, 2.24) is 0 Å².